The quantitative estimate of drug-likeness (QED) is 0.626. The lowest BCUT2D eigenvalue weighted by atomic mass is 10.0. The molecule has 1 aromatic heterocycles. The number of hydrogen-bond acceptors (Lipinski definition) is 3. The number of furan rings is 1. The van der Waals surface area contributed by atoms with Crippen LogP contribution in [0.5, 0.6) is 0 Å². The maximum absolute atomic E-state index is 12.8. The highest BCUT2D eigenvalue weighted by Gasteiger charge is 2.37. The molecular weight excluding hydrogens is 342 g/mol. The number of rotatable bonds is 3. The maximum Gasteiger partial charge on any atom is 0.416 e. The summed E-state index contributed by atoms with van der Waals surface area (Å²) < 4.78 is 81.6. The predicted octanol–water partition coefficient (Wildman–Crippen LogP) is 3.75. The van der Waals surface area contributed by atoms with Crippen LogP contribution in [0.4, 0.5) is 26.3 Å². The first kappa shape index (κ1) is 17.6. The molecule has 0 unspecified atom stereocenters. The number of carboxylic acid groups (broad SMARTS) is 1. The van der Waals surface area contributed by atoms with Crippen molar-refractivity contribution in [1.82, 2.24) is 0 Å². The second-order valence-electron chi connectivity index (χ2n) is 4.68. The minimum Gasteiger partial charge on any atom is -0.545 e. The Labute approximate surface area is 130 Å². The Balaban J connectivity index is 2.52. The first-order valence-corrected chi connectivity index (χ1v) is 6.24. The van der Waals surface area contributed by atoms with Gasteiger partial charge in [0.2, 0.25) is 0 Å². The molecule has 1 heterocycles. The molecule has 0 amide bonds. The zero-order valence-electron chi connectivity index (χ0n) is 11.5. The van der Waals surface area contributed by atoms with Gasteiger partial charge < -0.3 is 14.3 Å². The van der Waals surface area contributed by atoms with Gasteiger partial charge in [0, 0.05) is 5.56 Å². The van der Waals surface area contributed by atoms with E-state index in [1.807, 2.05) is 0 Å². The van der Waals surface area contributed by atoms with Gasteiger partial charge in [-0.3, -0.25) is 0 Å². The summed E-state index contributed by atoms with van der Waals surface area (Å²) in [7, 11) is 0. The molecule has 0 N–H and O–H groups in total. The van der Waals surface area contributed by atoms with Crippen molar-refractivity contribution in [2.45, 2.75) is 12.4 Å². The number of carbonyl (C=O) groups is 1. The van der Waals surface area contributed by atoms with Crippen molar-refractivity contribution in [2.75, 3.05) is 0 Å². The van der Waals surface area contributed by atoms with E-state index in [0.29, 0.717) is 18.2 Å². The van der Waals surface area contributed by atoms with Gasteiger partial charge in [0.15, 0.2) is 0 Å². The van der Waals surface area contributed by atoms with Crippen LogP contribution in [0, 0.1) is 0 Å². The molecule has 0 bridgehead atoms. The monoisotopic (exact) mass is 349 g/mol. The van der Waals surface area contributed by atoms with Crippen molar-refractivity contribution in [3.63, 3.8) is 0 Å². The van der Waals surface area contributed by atoms with E-state index in [1.54, 1.807) is 0 Å². The summed E-state index contributed by atoms with van der Waals surface area (Å²) in [4.78, 5) is 10.3. The van der Waals surface area contributed by atoms with E-state index < -0.39 is 29.4 Å². The molecule has 0 atom stereocenters. The van der Waals surface area contributed by atoms with Crippen LogP contribution in [0.2, 0.25) is 0 Å². The van der Waals surface area contributed by atoms with Crippen molar-refractivity contribution in [1.29, 1.82) is 0 Å². The summed E-state index contributed by atoms with van der Waals surface area (Å²) >= 11 is 0. The molecule has 0 aliphatic rings. The van der Waals surface area contributed by atoms with E-state index >= 15 is 0 Å². The van der Waals surface area contributed by atoms with E-state index in [4.69, 9.17) is 4.42 Å². The third-order valence-corrected chi connectivity index (χ3v) is 2.92. The van der Waals surface area contributed by atoms with Crippen molar-refractivity contribution >= 4 is 12.0 Å². The zero-order chi connectivity index (χ0) is 18.1. The summed E-state index contributed by atoms with van der Waals surface area (Å²) in [5, 5.41) is 10.3. The van der Waals surface area contributed by atoms with Crippen molar-refractivity contribution < 1.29 is 40.7 Å². The SMILES string of the molecule is O=C([O-])/C=C/c1cc(-c2cc(C(F)(F)F)cc(C(F)(F)F)c2)co1. The summed E-state index contributed by atoms with van der Waals surface area (Å²) in [6.07, 6.45) is -7.44. The van der Waals surface area contributed by atoms with E-state index in [9.17, 15) is 36.2 Å². The first-order valence-electron chi connectivity index (χ1n) is 6.24. The predicted molar refractivity (Wildman–Crippen MR) is 68.2 cm³/mol. The van der Waals surface area contributed by atoms with Gasteiger partial charge in [0.05, 0.1) is 23.4 Å². The fraction of sp³-hybridized carbons (Fsp3) is 0.133. The zero-order valence-corrected chi connectivity index (χ0v) is 11.5. The van der Waals surface area contributed by atoms with Crippen molar-refractivity contribution in [2.24, 2.45) is 0 Å². The van der Waals surface area contributed by atoms with Gasteiger partial charge in [-0.1, -0.05) is 0 Å². The molecule has 1 aromatic carbocycles. The molecule has 2 aromatic rings. The third kappa shape index (κ3) is 4.18. The lowest BCUT2D eigenvalue weighted by molar-refractivity contribution is -0.297. The first-order chi connectivity index (χ1) is 11.0. The van der Waals surface area contributed by atoms with Crippen LogP contribution in [0.25, 0.3) is 17.2 Å². The Morgan fingerprint density at radius 2 is 1.46 bits per heavy atom. The molecule has 0 fully saturated rings. The summed E-state index contributed by atoms with van der Waals surface area (Å²) in [5.41, 5.74) is -3.35. The molecule has 0 spiro atoms. The largest absolute Gasteiger partial charge is 0.545 e. The van der Waals surface area contributed by atoms with Crippen LogP contribution in [0.1, 0.15) is 16.9 Å². The van der Waals surface area contributed by atoms with E-state index in [0.717, 1.165) is 18.4 Å². The highest BCUT2D eigenvalue weighted by Crippen LogP contribution is 2.38. The molecule has 2 rings (SSSR count). The molecule has 3 nitrogen and oxygen atoms in total. The van der Waals surface area contributed by atoms with Gasteiger partial charge >= 0.3 is 12.4 Å². The molecule has 24 heavy (non-hydrogen) atoms. The fourth-order valence-electron chi connectivity index (χ4n) is 1.86. The minimum absolute atomic E-state index is 0.0144. The number of benzene rings is 1. The topological polar surface area (TPSA) is 53.3 Å². The lowest BCUT2D eigenvalue weighted by Crippen LogP contribution is -2.18. The minimum atomic E-state index is -4.96. The highest BCUT2D eigenvalue weighted by molar-refractivity contribution is 5.83. The molecule has 0 saturated carbocycles. The molecule has 128 valence electrons. The Morgan fingerprint density at radius 3 is 1.92 bits per heavy atom. The molecule has 0 saturated heterocycles. The summed E-state index contributed by atoms with van der Waals surface area (Å²) in [6, 6.07) is 2.22. The van der Waals surface area contributed by atoms with Crippen molar-refractivity contribution in [3.05, 3.63) is 53.5 Å². The number of hydrogen-bond donors (Lipinski definition) is 0. The number of alkyl halides is 6. The maximum atomic E-state index is 12.8. The molecular formula is C15H7F6O3-. The lowest BCUT2D eigenvalue weighted by Gasteiger charge is -2.13. The van der Waals surface area contributed by atoms with Gasteiger partial charge in [0.25, 0.3) is 0 Å². The van der Waals surface area contributed by atoms with Gasteiger partial charge in [0.1, 0.15) is 5.76 Å². The molecule has 9 heteroatoms. The third-order valence-electron chi connectivity index (χ3n) is 2.92. The van der Waals surface area contributed by atoms with Crippen LogP contribution in [-0.2, 0) is 17.1 Å². The van der Waals surface area contributed by atoms with E-state index in [1.165, 1.54) is 0 Å². The van der Waals surface area contributed by atoms with Crippen LogP contribution in [-0.4, -0.2) is 5.97 Å². The van der Waals surface area contributed by atoms with Gasteiger partial charge in [-0.15, -0.1) is 0 Å². The van der Waals surface area contributed by atoms with Crippen LogP contribution < -0.4 is 5.11 Å². The second kappa shape index (κ2) is 6.06. The summed E-state index contributed by atoms with van der Waals surface area (Å²) in [6.45, 7) is 0. The Kier molecular flexibility index (Phi) is 4.46. The molecule has 0 aliphatic heterocycles. The molecule has 0 aliphatic carbocycles. The number of carbonyl (C=O) groups excluding carboxylic acids is 1. The Bertz CT molecular complexity index is 751. The van der Waals surface area contributed by atoms with Gasteiger partial charge in [-0.05, 0) is 42.0 Å². The average molecular weight is 349 g/mol. The van der Waals surface area contributed by atoms with Crippen molar-refractivity contribution in [3.8, 4) is 11.1 Å². The van der Waals surface area contributed by atoms with E-state index in [-0.39, 0.29) is 23.0 Å². The standard InChI is InChI=1S/C15H8F6O3/c16-14(17,18)10-3-8(4-11(6-10)15(19,20)21)9-5-12(24-7-9)1-2-13(22)23/h1-7H,(H,22,23)/p-1/b2-1+. The average Bonchev–Trinajstić information content (AvgIpc) is 2.91. The summed E-state index contributed by atoms with van der Waals surface area (Å²) in [5.74, 6) is -1.61. The number of carboxylic acids is 1. The second-order valence-corrected chi connectivity index (χ2v) is 4.68. The number of halogens is 6. The molecule has 0 radical (unpaired) electrons. The smallest absolute Gasteiger partial charge is 0.416 e. The van der Waals surface area contributed by atoms with E-state index in [2.05, 4.69) is 0 Å². The Morgan fingerprint density at radius 1 is 0.917 bits per heavy atom. The normalized spacial score (nSPS) is 12.8. The van der Waals surface area contributed by atoms with Crippen LogP contribution >= 0.6 is 0 Å². The van der Waals surface area contributed by atoms with Gasteiger partial charge in [-0.2, -0.15) is 26.3 Å². The van der Waals surface area contributed by atoms with Gasteiger partial charge in [-0.25, -0.2) is 0 Å². The Hall–Kier alpha value is -2.71. The fourth-order valence-corrected chi connectivity index (χ4v) is 1.86. The highest BCUT2D eigenvalue weighted by atomic mass is 19.4. The van der Waals surface area contributed by atoms with Crippen LogP contribution in [0.3, 0.4) is 0 Å². The van der Waals surface area contributed by atoms with Crippen LogP contribution in [0.15, 0.2) is 41.0 Å². The number of aliphatic carboxylic acids is 1.